The Morgan fingerprint density at radius 1 is 1.35 bits per heavy atom. The first-order chi connectivity index (χ1) is 11.0. The van der Waals surface area contributed by atoms with E-state index in [4.69, 9.17) is 0 Å². The third-order valence-electron chi connectivity index (χ3n) is 4.58. The summed E-state index contributed by atoms with van der Waals surface area (Å²) in [6.07, 6.45) is 5.57. The van der Waals surface area contributed by atoms with Gasteiger partial charge >= 0.3 is 0 Å². The first-order valence-electron chi connectivity index (χ1n) is 8.02. The number of hydrogen-bond acceptors (Lipinski definition) is 4. The largest absolute Gasteiger partial charge is 0.337 e. The molecule has 1 unspecified atom stereocenters. The van der Waals surface area contributed by atoms with Crippen LogP contribution in [0.1, 0.15) is 34.8 Å². The van der Waals surface area contributed by atoms with Crippen LogP contribution in [-0.2, 0) is 14.1 Å². The van der Waals surface area contributed by atoms with E-state index in [0.29, 0.717) is 12.1 Å². The maximum atomic E-state index is 12.9. The van der Waals surface area contributed by atoms with E-state index < -0.39 is 0 Å². The van der Waals surface area contributed by atoms with E-state index >= 15 is 0 Å². The topological polar surface area (TPSA) is 59.2 Å². The Hall–Kier alpha value is -2.15. The van der Waals surface area contributed by atoms with Crippen molar-refractivity contribution in [3.63, 3.8) is 0 Å². The number of likely N-dealkylation sites (N-methyl/N-ethyl adjacent to an activating group) is 1. The van der Waals surface area contributed by atoms with Crippen molar-refractivity contribution in [1.29, 1.82) is 0 Å². The van der Waals surface area contributed by atoms with Gasteiger partial charge in [0.05, 0.1) is 17.3 Å². The molecule has 7 nitrogen and oxygen atoms in total. The molecule has 0 bridgehead atoms. The average Bonchev–Trinajstić information content (AvgIpc) is 3.11. The van der Waals surface area contributed by atoms with Crippen molar-refractivity contribution in [3.8, 4) is 0 Å². The first kappa shape index (κ1) is 15.7. The van der Waals surface area contributed by atoms with Gasteiger partial charge in [-0.3, -0.25) is 14.4 Å². The van der Waals surface area contributed by atoms with Crippen LogP contribution in [0.3, 0.4) is 0 Å². The minimum absolute atomic E-state index is 0.0607. The van der Waals surface area contributed by atoms with Crippen molar-refractivity contribution >= 4 is 5.91 Å². The number of imidazole rings is 1. The van der Waals surface area contributed by atoms with Crippen LogP contribution in [0.2, 0.25) is 0 Å². The molecular formula is C16H24N6O. The van der Waals surface area contributed by atoms with Crippen LogP contribution < -0.4 is 0 Å². The van der Waals surface area contributed by atoms with Gasteiger partial charge in [0.25, 0.3) is 5.91 Å². The second-order valence-corrected chi connectivity index (χ2v) is 6.09. The molecule has 2 aromatic heterocycles. The number of amides is 1. The molecule has 1 saturated heterocycles. The maximum Gasteiger partial charge on any atom is 0.257 e. The summed E-state index contributed by atoms with van der Waals surface area (Å²) in [4.78, 5) is 21.7. The first-order valence-corrected chi connectivity index (χ1v) is 8.02. The van der Waals surface area contributed by atoms with Gasteiger partial charge < -0.3 is 9.47 Å². The number of carbonyl (C=O) groups is 1. The molecule has 23 heavy (non-hydrogen) atoms. The zero-order chi connectivity index (χ0) is 16.6. The van der Waals surface area contributed by atoms with E-state index in [-0.39, 0.29) is 11.9 Å². The smallest absolute Gasteiger partial charge is 0.257 e. The predicted molar refractivity (Wildman–Crippen MR) is 87.0 cm³/mol. The van der Waals surface area contributed by atoms with Gasteiger partial charge in [0, 0.05) is 52.3 Å². The molecule has 1 aliphatic heterocycles. The van der Waals surface area contributed by atoms with Gasteiger partial charge in [-0.15, -0.1) is 0 Å². The van der Waals surface area contributed by atoms with Crippen LogP contribution in [0.15, 0.2) is 18.6 Å². The zero-order valence-electron chi connectivity index (χ0n) is 14.2. The number of piperazine rings is 1. The molecule has 1 fully saturated rings. The van der Waals surface area contributed by atoms with E-state index in [1.807, 2.05) is 42.9 Å². The van der Waals surface area contributed by atoms with Crippen LogP contribution in [0.5, 0.6) is 0 Å². The molecule has 124 valence electrons. The predicted octanol–water partition coefficient (Wildman–Crippen LogP) is 0.981. The van der Waals surface area contributed by atoms with Gasteiger partial charge in [0.1, 0.15) is 5.82 Å². The summed E-state index contributed by atoms with van der Waals surface area (Å²) in [6.45, 7) is 7.24. The Morgan fingerprint density at radius 2 is 2.13 bits per heavy atom. The van der Waals surface area contributed by atoms with Crippen molar-refractivity contribution in [2.24, 2.45) is 14.1 Å². The van der Waals surface area contributed by atoms with Crippen LogP contribution in [0, 0.1) is 6.92 Å². The highest BCUT2D eigenvalue weighted by molar-refractivity contribution is 5.95. The summed E-state index contributed by atoms with van der Waals surface area (Å²) in [5, 5.41) is 4.28. The van der Waals surface area contributed by atoms with Crippen LogP contribution >= 0.6 is 0 Å². The third kappa shape index (κ3) is 2.88. The third-order valence-corrected chi connectivity index (χ3v) is 4.58. The Kier molecular flexibility index (Phi) is 4.21. The maximum absolute atomic E-state index is 12.9. The van der Waals surface area contributed by atoms with Crippen LogP contribution in [0.25, 0.3) is 0 Å². The summed E-state index contributed by atoms with van der Waals surface area (Å²) < 4.78 is 3.73. The molecular weight excluding hydrogens is 292 g/mol. The standard InChI is InChI=1S/C16H24N6O/c1-5-21-8-9-22(11-14(21)15-17-6-7-19(15)3)16(23)13-10-20(4)18-12(13)2/h6-7,10,14H,5,8-9,11H2,1-4H3. The summed E-state index contributed by atoms with van der Waals surface area (Å²) in [5.74, 6) is 1.07. The van der Waals surface area contributed by atoms with Gasteiger partial charge in [-0.1, -0.05) is 6.92 Å². The van der Waals surface area contributed by atoms with Crippen molar-refractivity contribution < 1.29 is 4.79 Å². The van der Waals surface area contributed by atoms with Gasteiger partial charge in [-0.2, -0.15) is 5.10 Å². The lowest BCUT2D eigenvalue weighted by Gasteiger charge is -2.40. The highest BCUT2D eigenvalue weighted by Crippen LogP contribution is 2.25. The molecule has 1 atom stereocenters. The number of carbonyl (C=O) groups excluding carboxylic acids is 1. The van der Waals surface area contributed by atoms with E-state index in [1.165, 1.54) is 0 Å². The summed E-state index contributed by atoms with van der Waals surface area (Å²) in [7, 11) is 3.84. The second-order valence-electron chi connectivity index (χ2n) is 6.09. The lowest BCUT2D eigenvalue weighted by atomic mass is 10.1. The summed E-state index contributed by atoms with van der Waals surface area (Å²) >= 11 is 0. The van der Waals surface area contributed by atoms with Crippen molar-refractivity contribution in [1.82, 2.24) is 29.1 Å². The normalized spacial score (nSPS) is 19.3. The molecule has 0 aliphatic carbocycles. The number of rotatable bonds is 3. The summed E-state index contributed by atoms with van der Waals surface area (Å²) in [5.41, 5.74) is 1.47. The molecule has 1 aliphatic rings. The Balaban J connectivity index is 1.84. The van der Waals surface area contributed by atoms with Crippen molar-refractivity contribution in [2.45, 2.75) is 19.9 Å². The van der Waals surface area contributed by atoms with Gasteiger partial charge in [0.2, 0.25) is 0 Å². The fraction of sp³-hybridized carbons (Fsp3) is 0.562. The van der Waals surface area contributed by atoms with Crippen LogP contribution in [0.4, 0.5) is 0 Å². The quantitative estimate of drug-likeness (QED) is 0.847. The number of aryl methyl sites for hydroxylation is 3. The van der Waals surface area contributed by atoms with E-state index in [1.54, 1.807) is 10.9 Å². The fourth-order valence-electron chi connectivity index (χ4n) is 3.31. The van der Waals surface area contributed by atoms with E-state index in [0.717, 1.165) is 31.2 Å². The van der Waals surface area contributed by atoms with E-state index in [2.05, 4.69) is 21.9 Å². The molecule has 3 heterocycles. The Morgan fingerprint density at radius 3 is 2.70 bits per heavy atom. The fourth-order valence-corrected chi connectivity index (χ4v) is 3.31. The number of hydrogen-bond donors (Lipinski definition) is 0. The van der Waals surface area contributed by atoms with E-state index in [9.17, 15) is 4.79 Å². The molecule has 0 radical (unpaired) electrons. The molecule has 1 amide bonds. The second kappa shape index (κ2) is 6.16. The summed E-state index contributed by atoms with van der Waals surface area (Å²) in [6, 6.07) is 0.134. The lowest BCUT2D eigenvalue weighted by molar-refractivity contribution is 0.0472. The number of aromatic nitrogens is 4. The SMILES string of the molecule is CCN1CCN(C(=O)c2cn(C)nc2C)CC1c1nccn1C. The average molecular weight is 316 g/mol. The van der Waals surface area contributed by atoms with Gasteiger partial charge in [0.15, 0.2) is 0 Å². The lowest BCUT2D eigenvalue weighted by Crippen LogP contribution is -2.51. The van der Waals surface area contributed by atoms with Crippen molar-refractivity contribution in [3.05, 3.63) is 35.7 Å². The van der Waals surface area contributed by atoms with Gasteiger partial charge in [-0.05, 0) is 13.5 Å². The Labute approximate surface area is 136 Å². The highest BCUT2D eigenvalue weighted by Gasteiger charge is 2.33. The molecule has 0 saturated carbocycles. The Bertz CT molecular complexity index is 703. The molecule has 0 N–H and O–H groups in total. The minimum Gasteiger partial charge on any atom is -0.337 e. The van der Waals surface area contributed by atoms with Crippen molar-refractivity contribution in [2.75, 3.05) is 26.2 Å². The molecule has 0 spiro atoms. The monoisotopic (exact) mass is 316 g/mol. The molecule has 7 heteroatoms. The molecule has 2 aromatic rings. The zero-order valence-corrected chi connectivity index (χ0v) is 14.2. The van der Waals surface area contributed by atoms with Gasteiger partial charge in [-0.25, -0.2) is 4.98 Å². The molecule has 3 rings (SSSR count). The number of nitrogens with zero attached hydrogens (tertiary/aromatic N) is 6. The molecule has 0 aromatic carbocycles. The highest BCUT2D eigenvalue weighted by atomic mass is 16.2. The van der Waals surface area contributed by atoms with Crippen LogP contribution in [-0.4, -0.2) is 61.2 Å². The minimum atomic E-state index is 0.0607.